The van der Waals surface area contributed by atoms with E-state index >= 15 is 0 Å². The second-order valence-corrected chi connectivity index (χ2v) is 7.85. The minimum Gasteiger partial charge on any atom is -0.460 e. The molecule has 0 spiro atoms. The Kier molecular flexibility index (Phi) is 6.19. The molecule has 4 nitrogen and oxygen atoms in total. The quantitative estimate of drug-likeness (QED) is 0.323. The molecule has 6 heteroatoms. The van der Waals surface area contributed by atoms with Gasteiger partial charge in [0.1, 0.15) is 18.0 Å². The third-order valence-corrected chi connectivity index (χ3v) is 5.43. The lowest BCUT2D eigenvalue weighted by Crippen LogP contribution is -2.10. The van der Waals surface area contributed by atoms with Crippen molar-refractivity contribution in [3.63, 3.8) is 0 Å². The van der Waals surface area contributed by atoms with Crippen LogP contribution < -0.4 is 5.63 Å². The van der Waals surface area contributed by atoms with Crippen LogP contribution in [0.25, 0.3) is 11.0 Å². The number of rotatable bonds is 6. The Bertz CT molecular complexity index is 1070. The first-order chi connectivity index (χ1) is 13.3. The van der Waals surface area contributed by atoms with Crippen LogP contribution in [0.5, 0.6) is 0 Å². The molecule has 3 aromatic rings. The number of carbonyl (C=O) groups excluding carboxylic acids is 1. The first-order valence-corrected chi connectivity index (χ1v) is 9.94. The smallest absolute Gasteiger partial charge is 0.336 e. The molecule has 0 bridgehead atoms. The summed E-state index contributed by atoms with van der Waals surface area (Å²) in [6.45, 7) is 6.11. The number of carbonyl (C=O) groups is 1. The molecule has 0 saturated carbocycles. The van der Waals surface area contributed by atoms with Crippen LogP contribution in [0.1, 0.15) is 36.5 Å². The summed E-state index contributed by atoms with van der Waals surface area (Å²) in [5, 5.41) is 0.753. The number of benzene rings is 2. The Balaban J connectivity index is 1.76. The van der Waals surface area contributed by atoms with E-state index in [0.717, 1.165) is 28.3 Å². The first kappa shape index (κ1) is 20.1. The van der Waals surface area contributed by atoms with Crippen molar-refractivity contribution < 1.29 is 18.3 Å². The maximum atomic E-state index is 13.6. The van der Waals surface area contributed by atoms with Crippen molar-refractivity contribution in [1.82, 2.24) is 0 Å². The van der Waals surface area contributed by atoms with Gasteiger partial charge in [-0.1, -0.05) is 26.0 Å². The van der Waals surface area contributed by atoms with Crippen LogP contribution in [0.15, 0.2) is 56.6 Å². The normalized spacial score (nSPS) is 11.2. The number of aryl methyl sites for hydroxylation is 1. The van der Waals surface area contributed by atoms with Gasteiger partial charge in [-0.15, -0.1) is 11.8 Å². The summed E-state index contributed by atoms with van der Waals surface area (Å²) < 4.78 is 24.2. The maximum absolute atomic E-state index is 13.6. The summed E-state index contributed by atoms with van der Waals surface area (Å²) in [6.07, 6.45) is 0. The van der Waals surface area contributed by atoms with E-state index in [4.69, 9.17) is 9.15 Å². The minimum absolute atomic E-state index is 0.0172. The molecule has 3 rings (SSSR count). The molecule has 28 heavy (non-hydrogen) atoms. The lowest BCUT2D eigenvalue weighted by Gasteiger charge is -2.13. The largest absolute Gasteiger partial charge is 0.460 e. The fraction of sp³-hybridized carbons (Fsp3) is 0.273. The molecule has 0 unspecified atom stereocenters. The molecule has 0 radical (unpaired) electrons. The van der Waals surface area contributed by atoms with Gasteiger partial charge in [-0.3, -0.25) is 4.79 Å². The van der Waals surface area contributed by atoms with Gasteiger partial charge < -0.3 is 9.15 Å². The van der Waals surface area contributed by atoms with Gasteiger partial charge in [-0.2, -0.15) is 0 Å². The number of thioether (sulfide) groups is 1. The van der Waals surface area contributed by atoms with Crippen molar-refractivity contribution in [3.8, 4) is 0 Å². The average Bonchev–Trinajstić information content (AvgIpc) is 2.64. The Morgan fingerprint density at radius 2 is 1.96 bits per heavy atom. The molecule has 2 aromatic carbocycles. The van der Waals surface area contributed by atoms with E-state index < -0.39 is 11.6 Å². The molecular formula is C22H21FO4S. The van der Waals surface area contributed by atoms with Crippen LogP contribution in [0.3, 0.4) is 0 Å². The van der Waals surface area contributed by atoms with E-state index in [1.165, 1.54) is 12.1 Å². The van der Waals surface area contributed by atoms with Crippen molar-refractivity contribution in [2.45, 2.75) is 38.2 Å². The summed E-state index contributed by atoms with van der Waals surface area (Å²) >= 11 is 1.08. The Morgan fingerprint density at radius 3 is 2.68 bits per heavy atom. The number of ether oxygens (including phenoxy) is 1. The minimum atomic E-state index is -0.490. The van der Waals surface area contributed by atoms with Crippen LogP contribution in [-0.4, -0.2) is 11.7 Å². The van der Waals surface area contributed by atoms with Gasteiger partial charge in [0.25, 0.3) is 0 Å². The van der Waals surface area contributed by atoms with Gasteiger partial charge in [0.15, 0.2) is 0 Å². The highest BCUT2D eigenvalue weighted by Gasteiger charge is 2.13. The van der Waals surface area contributed by atoms with Gasteiger partial charge in [-0.05, 0) is 48.2 Å². The molecule has 0 N–H and O–H groups in total. The Hall–Kier alpha value is -2.60. The van der Waals surface area contributed by atoms with Gasteiger partial charge in [0, 0.05) is 21.9 Å². The molecule has 1 heterocycles. The molecule has 0 saturated heterocycles. The predicted molar refractivity (Wildman–Crippen MR) is 108 cm³/mol. The zero-order chi connectivity index (χ0) is 20.3. The van der Waals surface area contributed by atoms with Gasteiger partial charge >= 0.3 is 11.6 Å². The van der Waals surface area contributed by atoms with Crippen LogP contribution in [0.2, 0.25) is 0 Å². The highest BCUT2D eigenvalue weighted by atomic mass is 32.2. The monoisotopic (exact) mass is 400 g/mol. The van der Waals surface area contributed by atoms with E-state index in [-0.39, 0.29) is 18.2 Å². The fourth-order valence-corrected chi connectivity index (χ4v) is 3.77. The number of hydrogen-bond donors (Lipinski definition) is 0. The molecular weight excluding hydrogens is 379 g/mol. The highest BCUT2D eigenvalue weighted by molar-refractivity contribution is 8.00. The summed E-state index contributed by atoms with van der Waals surface area (Å²) in [4.78, 5) is 24.3. The molecule has 0 aliphatic heterocycles. The molecule has 0 aliphatic carbocycles. The third-order valence-electron chi connectivity index (χ3n) is 4.41. The Labute approximate surface area is 166 Å². The Morgan fingerprint density at radius 1 is 1.21 bits per heavy atom. The zero-order valence-electron chi connectivity index (χ0n) is 16.0. The van der Waals surface area contributed by atoms with Gasteiger partial charge in [0.2, 0.25) is 0 Å². The third kappa shape index (κ3) is 4.62. The van der Waals surface area contributed by atoms with E-state index in [2.05, 4.69) is 13.8 Å². The number of esters is 1. The van der Waals surface area contributed by atoms with Crippen LogP contribution in [0, 0.1) is 12.7 Å². The number of hydrogen-bond acceptors (Lipinski definition) is 5. The summed E-state index contributed by atoms with van der Waals surface area (Å²) in [7, 11) is 0. The maximum Gasteiger partial charge on any atom is 0.336 e. The van der Waals surface area contributed by atoms with Crippen molar-refractivity contribution in [2.75, 3.05) is 5.75 Å². The zero-order valence-corrected chi connectivity index (χ0v) is 16.8. The number of fused-ring (bicyclic) bond motifs is 1. The van der Waals surface area contributed by atoms with E-state index in [1.807, 2.05) is 19.1 Å². The van der Waals surface area contributed by atoms with Crippen molar-refractivity contribution in [2.24, 2.45) is 0 Å². The van der Waals surface area contributed by atoms with Crippen molar-refractivity contribution >= 4 is 28.7 Å². The summed E-state index contributed by atoms with van der Waals surface area (Å²) in [5.41, 5.74) is 2.76. The first-order valence-electron chi connectivity index (χ1n) is 8.95. The van der Waals surface area contributed by atoms with E-state index in [0.29, 0.717) is 22.0 Å². The topological polar surface area (TPSA) is 56.5 Å². The molecule has 0 amide bonds. The second-order valence-electron chi connectivity index (χ2n) is 6.83. The lowest BCUT2D eigenvalue weighted by molar-refractivity contribution is -0.141. The van der Waals surface area contributed by atoms with E-state index in [1.54, 1.807) is 18.2 Å². The van der Waals surface area contributed by atoms with Gasteiger partial charge in [-0.25, -0.2) is 9.18 Å². The highest BCUT2D eigenvalue weighted by Crippen LogP contribution is 2.27. The van der Waals surface area contributed by atoms with Crippen molar-refractivity contribution in [3.05, 3.63) is 75.4 Å². The fourth-order valence-electron chi connectivity index (χ4n) is 3.03. The van der Waals surface area contributed by atoms with Crippen molar-refractivity contribution in [1.29, 1.82) is 0 Å². The summed E-state index contributed by atoms with van der Waals surface area (Å²) in [6, 6.07) is 11.4. The average molecular weight is 400 g/mol. The molecule has 0 aliphatic rings. The lowest BCUT2D eigenvalue weighted by atomic mass is 9.95. The SMILES string of the molecule is Cc1cc2oc(=O)cc(COC(=O)CSc3ccccc3F)c2cc1C(C)C. The molecule has 0 fully saturated rings. The van der Waals surface area contributed by atoms with Gasteiger partial charge in [0.05, 0.1) is 5.75 Å². The second kappa shape index (κ2) is 8.61. The molecule has 0 atom stereocenters. The van der Waals surface area contributed by atoms with Crippen LogP contribution in [-0.2, 0) is 16.1 Å². The van der Waals surface area contributed by atoms with E-state index in [9.17, 15) is 14.0 Å². The van der Waals surface area contributed by atoms with Crippen LogP contribution >= 0.6 is 11.8 Å². The van der Waals surface area contributed by atoms with Crippen LogP contribution in [0.4, 0.5) is 4.39 Å². The predicted octanol–water partition coefficient (Wildman–Crippen LogP) is 5.20. The molecule has 1 aromatic heterocycles. The standard InChI is InChI=1S/C22H21FO4S/c1-13(2)16-10-17-15(9-21(24)27-19(17)8-14(16)3)11-26-22(25)12-28-20-7-5-4-6-18(20)23/h4-10,13H,11-12H2,1-3H3. The summed E-state index contributed by atoms with van der Waals surface area (Å²) in [5.74, 6) is -0.560. The number of halogens is 1. The molecule has 146 valence electrons.